The van der Waals surface area contributed by atoms with Crippen LogP contribution in [0.25, 0.3) is 0 Å². The van der Waals surface area contributed by atoms with Gasteiger partial charge in [-0.15, -0.1) is 0 Å². The van der Waals surface area contributed by atoms with Crippen molar-refractivity contribution in [1.82, 2.24) is 4.90 Å². The van der Waals surface area contributed by atoms with Gasteiger partial charge >= 0.3 is 5.97 Å². The number of carboxylic acid groups (broad SMARTS) is 1. The normalized spacial score (nSPS) is 17.2. The zero-order chi connectivity index (χ0) is 14.8. The molecule has 0 radical (unpaired) electrons. The maximum atomic E-state index is 12.4. The van der Waals surface area contributed by atoms with Gasteiger partial charge in [-0.1, -0.05) is 13.8 Å². The molecule has 1 aliphatic heterocycles. The molecule has 4 heteroatoms. The maximum absolute atomic E-state index is 12.4. The minimum Gasteiger partial charge on any atom is -0.478 e. The first-order chi connectivity index (χ1) is 9.51. The standard InChI is InChI=1S/C16H21NO3/c1-3-16(4-2)9-10-17(11-16)14(18)12-5-7-13(8-6-12)15(19)20/h5-8H,3-4,9-11H2,1-2H3,(H,19,20). The van der Waals surface area contributed by atoms with Crippen LogP contribution >= 0.6 is 0 Å². The number of carbonyl (C=O) groups is 2. The summed E-state index contributed by atoms with van der Waals surface area (Å²) in [6, 6.07) is 6.17. The molecule has 0 unspecified atom stereocenters. The van der Waals surface area contributed by atoms with E-state index in [2.05, 4.69) is 13.8 Å². The molecule has 108 valence electrons. The molecule has 1 aliphatic rings. The lowest BCUT2D eigenvalue weighted by Crippen LogP contribution is -2.31. The molecule has 1 fully saturated rings. The second kappa shape index (κ2) is 5.65. The van der Waals surface area contributed by atoms with Crippen LogP contribution in [0, 0.1) is 5.41 Å². The smallest absolute Gasteiger partial charge is 0.335 e. The van der Waals surface area contributed by atoms with Gasteiger partial charge < -0.3 is 10.0 Å². The highest BCUT2D eigenvalue weighted by Gasteiger charge is 2.37. The highest BCUT2D eigenvalue weighted by atomic mass is 16.4. The number of carbonyl (C=O) groups excluding carboxylic acids is 1. The van der Waals surface area contributed by atoms with Gasteiger partial charge in [0.25, 0.3) is 5.91 Å². The lowest BCUT2D eigenvalue weighted by molar-refractivity contribution is 0.0694. The van der Waals surface area contributed by atoms with Gasteiger partial charge in [0.15, 0.2) is 0 Å². The number of likely N-dealkylation sites (tertiary alicyclic amines) is 1. The fourth-order valence-corrected chi connectivity index (χ4v) is 2.87. The lowest BCUT2D eigenvalue weighted by Gasteiger charge is -2.26. The second-order valence-electron chi connectivity index (χ2n) is 5.57. The van der Waals surface area contributed by atoms with Crippen molar-refractivity contribution in [1.29, 1.82) is 0 Å². The van der Waals surface area contributed by atoms with E-state index < -0.39 is 5.97 Å². The van der Waals surface area contributed by atoms with Gasteiger partial charge in [-0.3, -0.25) is 4.79 Å². The molecule has 0 bridgehead atoms. The Hall–Kier alpha value is -1.84. The van der Waals surface area contributed by atoms with Crippen molar-refractivity contribution in [3.8, 4) is 0 Å². The third-order valence-electron chi connectivity index (χ3n) is 4.60. The fourth-order valence-electron chi connectivity index (χ4n) is 2.87. The first kappa shape index (κ1) is 14.6. The maximum Gasteiger partial charge on any atom is 0.335 e. The number of benzene rings is 1. The predicted molar refractivity (Wildman–Crippen MR) is 76.9 cm³/mol. The number of hydrogen-bond acceptors (Lipinski definition) is 2. The summed E-state index contributed by atoms with van der Waals surface area (Å²) in [5.74, 6) is -0.966. The number of rotatable bonds is 4. The van der Waals surface area contributed by atoms with Crippen LogP contribution in [0.1, 0.15) is 53.8 Å². The molecule has 2 rings (SSSR count). The summed E-state index contributed by atoms with van der Waals surface area (Å²) < 4.78 is 0. The number of amides is 1. The third kappa shape index (κ3) is 2.69. The zero-order valence-corrected chi connectivity index (χ0v) is 12.1. The van der Waals surface area contributed by atoms with Crippen LogP contribution in [-0.4, -0.2) is 35.0 Å². The molecule has 0 saturated carbocycles. The van der Waals surface area contributed by atoms with Crippen molar-refractivity contribution in [2.45, 2.75) is 33.1 Å². The van der Waals surface area contributed by atoms with Crippen LogP contribution in [0.4, 0.5) is 0 Å². The van der Waals surface area contributed by atoms with Crippen LogP contribution < -0.4 is 0 Å². The number of hydrogen-bond donors (Lipinski definition) is 1. The molecule has 1 amide bonds. The molecule has 1 aromatic carbocycles. The minimum atomic E-state index is -0.971. The molecule has 1 saturated heterocycles. The van der Waals surface area contributed by atoms with E-state index in [4.69, 9.17) is 5.11 Å². The van der Waals surface area contributed by atoms with Crippen molar-refractivity contribution >= 4 is 11.9 Å². The van der Waals surface area contributed by atoms with Gasteiger partial charge in [-0.05, 0) is 48.9 Å². The Kier molecular flexibility index (Phi) is 4.12. The van der Waals surface area contributed by atoms with Crippen molar-refractivity contribution in [2.24, 2.45) is 5.41 Å². The Morgan fingerprint density at radius 3 is 2.15 bits per heavy atom. The molecule has 0 aromatic heterocycles. The fraction of sp³-hybridized carbons (Fsp3) is 0.500. The number of aromatic carboxylic acids is 1. The van der Waals surface area contributed by atoms with Gasteiger partial charge in [0.05, 0.1) is 5.56 Å². The average molecular weight is 275 g/mol. The van der Waals surface area contributed by atoms with Crippen LogP contribution in [0.15, 0.2) is 24.3 Å². The third-order valence-corrected chi connectivity index (χ3v) is 4.60. The summed E-state index contributed by atoms with van der Waals surface area (Å²) in [7, 11) is 0. The molecule has 1 N–H and O–H groups in total. The van der Waals surface area contributed by atoms with Crippen LogP contribution in [0.2, 0.25) is 0 Å². The van der Waals surface area contributed by atoms with Gasteiger partial charge in [-0.25, -0.2) is 4.79 Å². The van der Waals surface area contributed by atoms with Crippen LogP contribution in [0.3, 0.4) is 0 Å². The topological polar surface area (TPSA) is 57.6 Å². The highest BCUT2D eigenvalue weighted by molar-refractivity contribution is 5.96. The van der Waals surface area contributed by atoms with E-state index in [1.807, 2.05) is 4.90 Å². The zero-order valence-electron chi connectivity index (χ0n) is 12.1. The van der Waals surface area contributed by atoms with Crippen LogP contribution in [0.5, 0.6) is 0 Å². The van der Waals surface area contributed by atoms with Crippen molar-refractivity contribution in [3.05, 3.63) is 35.4 Å². The monoisotopic (exact) mass is 275 g/mol. The van der Waals surface area contributed by atoms with Crippen molar-refractivity contribution < 1.29 is 14.7 Å². The van der Waals surface area contributed by atoms with Crippen LogP contribution in [-0.2, 0) is 0 Å². The lowest BCUT2D eigenvalue weighted by atomic mass is 9.82. The summed E-state index contributed by atoms with van der Waals surface area (Å²) in [4.78, 5) is 25.1. The summed E-state index contributed by atoms with van der Waals surface area (Å²) in [6.07, 6.45) is 3.23. The Morgan fingerprint density at radius 1 is 1.15 bits per heavy atom. The molecule has 1 heterocycles. The Morgan fingerprint density at radius 2 is 1.70 bits per heavy atom. The van der Waals surface area contributed by atoms with E-state index in [1.165, 1.54) is 12.1 Å². The van der Waals surface area contributed by atoms with E-state index in [0.717, 1.165) is 32.4 Å². The van der Waals surface area contributed by atoms with E-state index in [9.17, 15) is 9.59 Å². The van der Waals surface area contributed by atoms with E-state index in [0.29, 0.717) is 5.56 Å². The Balaban J connectivity index is 2.11. The largest absolute Gasteiger partial charge is 0.478 e. The van der Waals surface area contributed by atoms with Gasteiger partial charge in [0.2, 0.25) is 0 Å². The number of nitrogens with zero attached hydrogens (tertiary/aromatic N) is 1. The summed E-state index contributed by atoms with van der Waals surface area (Å²) in [5, 5.41) is 8.86. The summed E-state index contributed by atoms with van der Waals surface area (Å²) >= 11 is 0. The van der Waals surface area contributed by atoms with E-state index in [1.54, 1.807) is 12.1 Å². The number of carboxylic acids is 1. The van der Waals surface area contributed by atoms with Gasteiger partial charge in [0.1, 0.15) is 0 Å². The Bertz CT molecular complexity index is 503. The summed E-state index contributed by atoms with van der Waals surface area (Å²) in [5.41, 5.74) is 1.04. The molecule has 20 heavy (non-hydrogen) atoms. The molecular formula is C16H21NO3. The van der Waals surface area contributed by atoms with Gasteiger partial charge in [0, 0.05) is 18.7 Å². The average Bonchev–Trinajstić information content (AvgIpc) is 2.92. The molecule has 0 spiro atoms. The van der Waals surface area contributed by atoms with E-state index >= 15 is 0 Å². The SMILES string of the molecule is CCC1(CC)CCN(C(=O)c2ccc(C(=O)O)cc2)C1. The van der Waals surface area contributed by atoms with Gasteiger partial charge in [-0.2, -0.15) is 0 Å². The molecular weight excluding hydrogens is 254 g/mol. The molecule has 4 nitrogen and oxygen atoms in total. The van der Waals surface area contributed by atoms with Crippen molar-refractivity contribution in [3.63, 3.8) is 0 Å². The quantitative estimate of drug-likeness (QED) is 0.918. The first-order valence-corrected chi connectivity index (χ1v) is 7.14. The molecule has 1 aromatic rings. The predicted octanol–water partition coefficient (Wildman–Crippen LogP) is 3.04. The second-order valence-corrected chi connectivity index (χ2v) is 5.57. The van der Waals surface area contributed by atoms with Crippen molar-refractivity contribution in [2.75, 3.05) is 13.1 Å². The first-order valence-electron chi connectivity index (χ1n) is 7.14. The molecule has 0 atom stereocenters. The minimum absolute atomic E-state index is 0.00529. The highest BCUT2D eigenvalue weighted by Crippen LogP contribution is 2.37. The summed E-state index contributed by atoms with van der Waals surface area (Å²) in [6.45, 7) is 5.96. The van der Waals surface area contributed by atoms with E-state index in [-0.39, 0.29) is 16.9 Å². The Labute approximate surface area is 119 Å². The molecule has 0 aliphatic carbocycles.